The van der Waals surface area contributed by atoms with E-state index in [4.69, 9.17) is 0 Å². The minimum Gasteiger partial charge on any atom is -0.321 e. The fourth-order valence-electron chi connectivity index (χ4n) is 3.32. The largest absolute Gasteiger partial charge is 0.321 e. The minimum absolute atomic E-state index is 0.286. The number of benzene rings is 2. The van der Waals surface area contributed by atoms with E-state index in [2.05, 4.69) is 44.7 Å². The molecule has 0 aliphatic rings. The second kappa shape index (κ2) is 10.9. The fourth-order valence-corrected chi connectivity index (χ4v) is 4.12. The van der Waals surface area contributed by atoms with Gasteiger partial charge in [-0.2, -0.15) is 0 Å². The number of unbranched alkanes of at least 4 members (excludes halogenated alkanes) is 1. The molecule has 168 valence electrons. The van der Waals surface area contributed by atoms with Gasteiger partial charge in [-0.3, -0.25) is 4.79 Å². The lowest BCUT2D eigenvalue weighted by molar-refractivity contribution is 0.102. The smallest absolute Gasteiger partial charge is 0.278 e. The van der Waals surface area contributed by atoms with Crippen LogP contribution >= 0.6 is 11.8 Å². The Morgan fingerprint density at radius 3 is 2.45 bits per heavy atom. The molecule has 8 heteroatoms. The monoisotopic (exact) mass is 458 g/mol. The molecule has 7 nitrogen and oxygen atoms in total. The highest BCUT2D eigenvalue weighted by molar-refractivity contribution is 7.98. The summed E-state index contributed by atoms with van der Waals surface area (Å²) >= 11 is 1.43. The molecule has 0 atom stereocenters. The zero-order valence-corrected chi connectivity index (χ0v) is 19.5. The van der Waals surface area contributed by atoms with Crippen molar-refractivity contribution in [3.8, 4) is 5.69 Å². The maximum atomic E-state index is 13.1. The number of anilines is 1. The third-order valence-corrected chi connectivity index (χ3v) is 6.05. The molecular weight excluding hydrogens is 432 g/mol. The van der Waals surface area contributed by atoms with Gasteiger partial charge in [-0.25, -0.2) is 14.6 Å². The average molecular weight is 459 g/mol. The summed E-state index contributed by atoms with van der Waals surface area (Å²) in [6.45, 7) is 4.21. The van der Waals surface area contributed by atoms with Crippen molar-refractivity contribution in [3.05, 3.63) is 89.5 Å². The van der Waals surface area contributed by atoms with Gasteiger partial charge < -0.3 is 5.32 Å². The Balaban J connectivity index is 1.58. The number of nitrogens with one attached hydrogen (secondary N) is 1. The van der Waals surface area contributed by atoms with Crippen molar-refractivity contribution >= 4 is 23.4 Å². The second-order valence-corrected chi connectivity index (χ2v) is 8.65. The van der Waals surface area contributed by atoms with Gasteiger partial charge in [0.2, 0.25) is 0 Å². The maximum absolute atomic E-state index is 13.1. The van der Waals surface area contributed by atoms with E-state index >= 15 is 0 Å². The molecule has 2 aromatic heterocycles. The van der Waals surface area contributed by atoms with E-state index in [1.165, 1.54) is 17.3 Å². The molecular formula is C25H26N6OS. The van der Waals surface area contributed by atoms with Gasteiger partial charge in [-0.1, -0.05) is 60.1 Å². The predicted octanol–water partition coefficient (Wildman–Crippen LogP) is 5.25. The Bertz CT molecular complexity index is 1190. The van der Waals surface area contributed by atoms with E-state index in [9.17, 15) is 4.79 Å². The summed E-state index contributed by atoms with van der Waals surface area (Å²) in [5.74, 6) is 0.156. The van der Waals surface area contributed by atoms with Gasteiger partial charge in [0.15, 0.2) is 10.9 Å². The van der Waals surface area contributed by atoms with Crippen LogP contribution < -0.4 is 5.32 Å². The molecule has 1 amide bonds. The van der Waals surface area contributed by atoms with E-state index in [1.54, 1.807) is 23.1 Å². The van der Waals surface area contributed by atoms with E-state index < -0.39 is 0 Å². The number of carbonyl (C=O) groups is 1. The van der Waals surface area contributed by atoms with Gasteiger partial charge in [0.05, 0.1) is 11.4 Å². The van der Waals surface area contributed by atoms with Crippen LogP contribution in [-0.2, 0) is 12.2 Å². The van der Waals surface area contributed by atoms with Crippen molar-refractivity contribution in [1.82, 2.24) is 25.0 Å². The van der Waals surface area contributed by atoms with Gasteiger partial charge >= 0.3 is 0 Å². The number of thioether (sulfide) groups is 1. The first kappa shape index (κ1) is 22.7. The summed E-state index contributed by atoms with van der Waals surface area (Å²) in [7, 11) is 0. The van der Waals surface area contributed by atoms with Crippen molar-refractivity contribution in [2.75, 3.05) is 5.32 Å². The first-order valence-electron chi connectivity index (χ1n) is 11.0. The molecule has 0 fully saturated rings. The molecule has 0 saturated carbocycles. The van der Waals surface area contributed by atoms with Crippen LogP contribution in [0.4, 0.5) is 5.69 Å². The average Bonchev–Trinajstić information content (AvgIpc) is 3.27. The standard InChI is InChI=1S/C25H26N6OS/c1-3-4-6-19-9-11-20(12-10-19)28-24(32)23-22(17-33-25-26-15-5-16-27-25)31(30-29-23)21-13-7-18(2)8-14-21/h5,7-16H,3-4,6,17H2,1-2H3,(H,28,32). The van der Waals surface area contributed by atoms with Crippen molar-refractivity contribution < 1.29 is 4.79 Å². The number of aromatic nitrogens is 5. The number of hydrogen-bond donors (Lipinski definition) is 1. The number of aryl methyl sites for hydroxylation is 2. The Morgan fingerprint density at radius 1 is 1.03 bits per heavy atom. The maximum Gasteiger partial charge on any atom is 0.278 e. The highest BCUT2D eigenvalue weighted by atomic mass is 32.2. The van der Waals surface area contributed by atoms with E-state index in [-0.39, 0.29) is 11.6 Å². The van der Waals surface area contributed by atoms with Crippen LogP contribution in [0.3, 0.4) is 0 Å². The molecule has 1 N–H and O–H groups in total. The fraction of sp³-hybridized carbons (Fsp3) is 0.240. The molecule has 0 bridgehead atoms. The summed E-state index contributed by atoms with van der Waals surface area (Å²) in [6.07, 6.45) is 6.74. The van der Waals surface area contributed by atoms with Crippen LogP contribution in [0.25, 0.3) is 5.69 Å². The molecule has 2 heterocycles. The lowest BCUT2D eigenvalue weighted by Gasteiger charge is -2.09. The van der Waals surface area contributed by atoms with Crippen molar-refractivity contribution in [1.29, 1.82) is 0 Å². The zero-order valence-electron chi connectivity index (χ0n) is 18.7. The molecule has 0 aliphatic carbocycles. The SMILES string of the molecule is CCCCc1ccc(NC(=O)c2nnn(-c3ccc(C)cc3)c2CSc2ncccn2)cc1. The van der Waals surface area contributed by atoms with Crippen LogP contribution in [0.5, 0.6) is 0 Å². The highest BCUT2D eigenvalue weighted by Crippen LogP contribution is 2.24. The molecule has 4 aromatic rings. The third kappa shape index (κ3) is 5.84. The lowest BCUT2D eigenvalue weighted by atomic mass is 10.1. The van der Waals surface area contributed by atoms with Crippen LogP contribution in [-0.4, -0.2) is 30.9 Å². The summed E-state index contributed by atoms with van der Waals surface area (Å²) in [5, 5.41) is 12.1. The lowest BCUT2D eigenvalue weighted by Crippen LogP contribution is -2.15. The van der Waals surface area contributed by atoms with Crippen LogP contribution in [0.2, 0.25) is 0 Å². The summed E-state index contributed by atoms with van der Waals surface area (Å²) < 4.78 is 1.71. The highest BCUT2D eigenvalue weighted by Gasteiger charge is 2.21. The minimum atomic E-state index is -0.292. The normalized spacial score (nSPS) is 10.8. The number of hydrogen-bond acceptors (Lipinski definition) is 6. The van der Waals surface area contributed by atoms with Gasteiger partial charge in [-0.05, 0) is 55.7 Å². The Kier molecular flexibility index (Phi) is 7.47. The van der Waals surface area contributed by atoms with Gasteiger partial charge in [0, 0.05) is 23.8 Å². The van der Waals surface area contributed by atoms with Gasteiger partial charge in [-0.15, -0.1) is 5.10 Å². The molecule has 2 aromatic carbocycles. The van der Waals surface area contributed by atoms with Gasteiger partial charge in [0.1, 0.15) is 0 Å². The van der Waals surface area contributed by atoms with Crippen molar-refractivity contribution in [2.45, 2.75) is 44.0 Å². The van der Waals surface area contributed by atoms with Crippen LogP contribution in [0.15, 0.2) is 72.1 Å². The van der Waals surface area contributed by atoms with E-state index in [1.807, 2.05) is 43.3 Å². The van der Waals surface area contributed by atoms with E-state index in [0.29, 0.717) is 16.6 Å². The third-order valence-electron chi connectivity index (χ3n) is 5.17. The van der Waals surface area contributed by atoms with E-state index in [0.717, 1.165) is 36.2 Å². The predicted molar refractivity (Wildman–Crippen MR) is 131 cm³/mol. The topological polar surface area (TPSA) is 85.6 Å². The van der Waals surface area contributed by atoms with Crippen LogP contribution in [0.1, 0.15) is 47.1 Å². The first-order chi connectivity index (χ1) is 16.1. The number of rotatable bonds is 9. The van der Waals surface area contributed by atoms with Crippen molar-refractivity contribution in [3.63, 3.8) is 0 Å². The summed E-state index contributed by atoms with van der Waals surface area (Å²) in [5.41, 5.74) is 4.96. The number of amides is 1. The quantitative estimate of drug-likeness (QED) is 0.272. The molecule has 0 spiro atoms. The Labute approximate surface area is 197 Å². The Morgan fingerprint density at radius 2 is 1.76 bits per heavy atom. The Hall–Kier alpha value is -3.52. The van der Waals surface area contributed by atoms with Crippen molar-refractivity contribution in [2.24, 2.45) is 0 Å². The van der Waals surface area contributed by atoms with Gasteiger partial charge in [0.25, 0.3) is 5.91 Å². The zero-order chi connectivity index (χ0) is 23.0. The molecule has 4 rings (SSSR count). The number of nitrogens with zero attached hydrogens (tertiary/aromatic N) is 5. The summed E-state index contributed by atoms with van der Waals surface area (Å²) in [4.78, 5) is 21.7. The molecule has 0 radical (unpaired) electrons. The number of carbonyl (C=O) groups excluding carboxylic acids is 1. The summed E-state index contributed by atoms with van der Waals surface area (Å²) in [6, 6.07) is 17.7. The molecule has 0 aliphatic heterocycles. The molecule has 33 heavy (non-hydrogen) atoms. The molecule has 0 unspecified atom stereocenters. The molecule has 0 saturated heterocycles. The first-order valence-corrected chi connectivity index (χ1v) is 11.9. The van der Waals surface area contributed by atoms with Crippen LogP contribution in [0, 0.1) is 6.92 Å². The second-order valence-electron chi connectivity index (χ2n) is 7.71.